The van der Waals surface area contributed by atoms with E-state index in [1.54, 1.807) is 0 Å². The molecule has 0 aliphatic carbocycles. The van der Waals surface area contributed by atoms with Crippen molar-refractivity contribution in [1.82, 2.24) is 0 Å². The maximum absolute atomic E-state index is 8.74. The average Bonchev–Trinajstić information content (AvgIpc) is 0.811. The largest absolute Gasteiger partial charge is 0 e. The van der Waals surface area contributed by atoms with Gasteiger partial charge in [0.2, 0.25) is 0 Å². The van der Waals surface area contributed by atoms with Crippen molar-refractivity contribution in [1.29, 1.82) is 0 Å². The summed E-state index contributed by atoms with van der Waals surface area (Å²) in [5.41, 5.74) is 0. The molecule has 3 nitrogen and oxygen atoms in total. The molecule has 37 valence electrons. The Labute approximate surface area is 69.9 Å². The summed E-state index contributed by atoms with van der Waals surface area (Å²) in [7, 11) is -3.13. The van der Waals surface area contributed by atoms with Gasteiger partial charge in [-0.2, -0.15) is 0 Å². The van der Waals surface area contributed by atoms with E-state index in [4.69, 9.17) is 14.1 Å². The maximum Gasteiger partial charge on any atom is 0 e. The molecular weight excluding hydrogens is 205 g/mol. The van der Waals surface area contributed by atoms with Gasteiger partial charge in [0.25, 0.3) is 0 Å². The van der Waals surface area contributed by atoms with Crippen LogP contribution >= 0.6 is 0 Å². The maximum atomic E-state index is 8.74. The Morgan fingerprint density at radius 2 is 1.29 bits per heavy atom. The summed E-state index contributed by atoms with van der Waals surface area (Å²) < 4.78 is 8.74. The van der Waals surface area contributed by atoms with E-state index in [9.17, 15) is 0 Å². The number of hydrogen-bond donors (Lipinski definition) is 2. The van der Waals surface area contributed by atoms with E-state index < -0.39 is 9.17 Å². The third-order valence-corrected chi connectivity index (χ3v) is 0. The predicted octanol–water partition coefficient (Wildman–Crippen LogP) is -2.53. The van der Waals surface area contributed by atoms with Gasteiger partial charge in [-0.25, -0.2) is 0 Å². The summed E-state index contributed by atoms with van der Waals surface area (Å²) in [6.07, 6.45) is 0. The molecule has 0 spiro atoms. The summed E-state index contributed by atoms with van der Waals surface area (Å²) in [6, 6.07) is 0. The van der Waals surface area contributed by atoms with Gasteiger partial charge in [0.05, 0.1) is 0 Å². The predicted molar refractivity (Wildman–Crippen MR) is 19.4 cm³/mol. The summed E-state index contributed by atoms with van der Waals surface area (Å²) in [5, 5.41) is 0. The first kappa shape index (κ1) is 24.7. The molecule has 0 saturated carbocycles. The molecule has 0 aliphatic rings. The summed E-state index contributed by atoms with van der Waals surface area (Å²) in [6.45, 7) is 0. The molecule has 0 amide bonds. The fourth-order valence-corrected chi connectivity index (χ4v) is 0. The smallest absolute Gasteiger partial charge is 0 e. The standard InChI is InChI=1S/Be.Mn.H2O3Si.Zn.2H/c;;1-4(2)3;;;/h;;1-2H;;;. The SMILES string of the molecule is O=[Si](O)O.[BeH2].[Mn].[Zn]. The van der Waals surface area contributed by atoms with E-state index in [2.05, 4.69) is 0 Å². The first-order valence-corrected chi connectivity index (χ1v) is 1.95. The molecule has 0 unspecified atom stereocenters. The van der Waals surface area contributed by atoms with Gasteiger partial charge in [0.1, 0.15) is 0 Å². The Balaban J connectivity index is -0.0000000150. The number of rotatable bonds is 0. The van der Waals surface area contributed by atoms with Crippen molar-refractivity contribution in [3.8, 4) is 0 Å². The summed E-state index contributed by atoms with van der Waals surface area (Å²) in [5.74, 6) is 0. The Morgan fingerprint density at radius 1 is 1.29 bits per heavy atom. The van der Waals surface area contributed by atoms with Crippen molar-refractivity contribution in [2.75, 3.05) is 0 Å². The molecule has 0 fully saturated rings. The molecule has 0 heterocycles. The van der Waals surface area contributed by atoms with E-state index in [1.165, 1.54) is 0 Å². The molecule has 7 heteroatoms. The van der Waals surface area contributed by atoms with Crippen molar-refractivity contribution in [2.24, 2.45) is 0 Å². The Morgan fingerprint density at radius 3 is 1.29 bits per heavy atom. The van der Waals surface area contributed by atoms with Crippen molar-refractivity contribution in [2.45, 2.75) is 0 Å². The van der Waals surface area contributed by atoms with Crippen LogP contribution in [0.5, 0.6) is 0 Å². The van der Waals surface area contributed by atoms with Gasteiger partial charge < -0.3 is 9.59 Å². The zero-order valence-electron chi connectivity index (χ0n) is 2.89. The molecule has 0 aromatic carbocycles. The Bertz CT molecular complexity index is 37.9. The van der Waals surface area contributed by atoms with Crippen LogP contribution in [-0.4, -0.2) is 28.9 Å². The second kappa shape index (κ2) is 15.8. The third kappa shape index (κ3) is 195. The van der Waals surface area contributed by atoms with E-state index >= 15 is 0 Å². The van der Waals surface area contributed by atoms with Gasteiger partial charge in [-0.15, -0.1) is 0 Å². The minimum Gasteiger partial charge on any atom is 0 e. The topological polar surface area (TPSA) is 57.5 Å². The van der Waals surface area contributed by atoms with Crippen LogP contribution in [-0.2, 0) is 41.0 Å². The van der Waals surface area contributed by atoms with E-state index in [-0.39, 0.29) is 46.7 Å². The fourth-order valence-electron chi connectivity index (χ4n) is 0. The van der Waals surface area contributed by atoms with Gasteiger partial charge >= 0.3 is 19.3 Å². The Kier molecular flexibility index (Phi) is 55.6. The zero-order valence-corrected chi connectivity index (χ0v) is 8.04. The average molecular weight is 209 g/mol. The van der Waals surface area contributed by atoms with Crippen LogP contribution in [0.2, 0.25) is 0 Å². The van der Waals surface area contributed by atoms with Crippen LogP contribution in [0.1, 0.15) is 0 Å². The van der Waals surface area contributed by atoms with E-state index in [0.29, 0.717) is 0 Å². The minimum absolute atomic E-state index is 0. The Hall–Kier alpha value is 0.929. The molecule has 0 aromatic heterocycles. The molecule has 0 aliphatic heterocycles. The molecule has 0 bridgehead atoms. The van der Waals surface area contributed by atoms with E-state index in [0.717, 1.165) is 0 Å². The van der Waals surface area contributed by atoms with Gasteiger partial charge in [0.15, 0.2) is 0 Å². The first-order valence-electron chi connectivity index (χ1n) is 0.651. The minimum atomic E-state index is -3.13. The second-order valence-electron chi connectivity index (χ2n) is 0.283. The van der Waals surface area contributed by atoms with Crippen LogP contribution in [0.25, 0.3) is 0 Å². The van der Waals surface area contributed by atoms with Crippen molar-refractivity contribution in [3.63, 3.8) is 0 Å². The van der Waals surface area contributed by atoms with Gasteiger partial charge in [-0.05, 0) is 0 Å². The molecule has 7 heavy (non-hydrogen) atoms. The molecular formula is H4BeMnO3SiZn. The van der Waals surface area contributed by atoms with Crippen LogP contribution in [0.15, 0.2) is 0 Å². The molecule has 0 rings (SSSR count). The van der Waals surface area contributed by atoms with Gasteiger partial charge in [-0.3, -0.25) is 4.46 Å². The second-order valence-corrected chi connectivity index (χ2v) is 0.848. The zero-order chi connectivity index (χ0) is 3.58. The first-order chi connectivity index (χ1) is 1.73. The quantitative estimate of drug-likeness (QED) is 0.433. The van der Waals surface area contributed by atoms with Crippen molar-refractivity contribution < 1.29 is 50.6 Å². The number of hydrogen-bond acceptors (Lipinski definition) is 1. The van der Waals surface area contributed by atoms with Crippen LogP contribution in [0.3, 0.4) is 0 Å². The fraction of sp³-hybridized carbons (Fsp3) is 0. The third-order valence-electron chi connectivity index (χ3n) is 0. The monoisotopic (exact) mass is 208 g/mol. The molecule has 0 saturated heterocycles. The van der Waals surface area contributed by atoms with Crippen LogP contribution in [0, 0.1) is 0 Å². The van der Waals surface area contributed by atoms with Gasteiger partial charge in [0, 0.05) is 36.5 Å². The molecule has 2 N–H and O–H groups in total. The van der Waals surface area contributed by atoms with Crippen molar-refractivity contribution >= 4 is 19.3 Å². The van der Waals surface area contributed by atoms with Crippen molar-refractivity contribution in [3.05, 3.63) is 0 Å². The van der Waals surface area contributed by atoms with Crippen LogP contribution < -0.4 is 0 Å². The normalized spacial score (nSPS) is 3.43. The summed E-state index contributed by atoms with van der Waals surface area (Å²) >= 11 is 0. The van der Waals surface area contributed by atoms with E-state index in [1.807, 2.05) is 0 Å². The summed E-state index contributed by atoms with van der Waals surface area (Å²) in [4.78, 5) is 14.3. The molecule has 0 atom stereocenters. The molecule has 0 aromatic rings. The van der Waals surface area contributed by atoms with Crippen LogP contribution in [0.4, 0.5) is 0 Å². The van der Waals surface area contributed by atoms with Gasteiger partial charge in [-0.1, -0.05) is 0 Å². The molecule has 1 radical (unpaired) electrons.